The molecule has 2 N–H and O–H groups in total. The molecule has 1 amide bonds. The number of nitrogens with zero attached hydrogens (tertiary/aromatic N) is 3. The second-order valence-corrected chi connectivity index (χ2v) is 5.36. The largest absolute Gasteiger partial charge is 0.383 e. The van der Waals surface area contributed by atoms with E-state index in [-0.39, 0.29) is 11.8 Å². The monoisotopic (exact) mass is 307 g/mol. The Balaban J connectivity index is 1.63. The second kappa shape index (κ2) is 9.32. The number of piperidine rings is 1. The van der Waals surface area contributed by atoms with Gasteiger partial charge >= 0.3 is 0 Å². The van der Waals surface area contributed by atoms with Crippen molar-refractivity contribution < 1.29 is 9.53 Å². The normalized spacial score (nSPS) is 15.8. The van der Waals surface area contributed by atoms with Crippen molar-refractivity contribution in [3.8, 4) is 0 Å². The van der Waals surface area contributed by atoms with E-state index in [0.717, 1.165) is 44.8 Å². The average molecular weight is 307 g/mol. The zero-order valence-corrected chi connectivity index (χ0v) is 13.1. The van der Waals surface area contributed by atoms with Gasteiger partial charge in [0.15, 0.2) is 0 Å². The first kappa shape index (κ1) is 16.6. The molecule has 1 aliphatic heterocycles. The number of carbonyl (C=O) groups excluding carboxylic acids is 1. The first-order valence-corrected chi connectivity index (χ1v) is 7.79. The van der Waals surface area contributed by atoms with Gasteiger partial charge in [-0.05, 0) is 12.8 Å². The van der Waals surface area contributed by atoms with Crippen LogP contribution in [0.2, 0.25) is 0 Å². The molecule has 0 unspecified atom stereocenters. The van der Waals surface area contributed by atoms with Crippen molar-refractivity contribution in [1.29, 1.82) is 0 Å². The molecule has 1 aliphatic rings. The Kier molecular flexibility index (Phi) is 7.05. The van der Waals surface area contributed by atoms with Crippen LogP contribution in [0.4, 0.5) is 5.82 Å². The highest BCUT2D eigenvalue weighted by molar-refractivity contribution is 5.78. The number of nitrogens with one attached hydrogen (secondary N) is 2. The molecule has 0 saturated carbocycles. The molecule has 1 aromatic rings. The summed E-state index contributed by atoms with van der Waals surface area (Å²) in [5.41, 5.74) is 0. The fourth-order valence-electron chi connectivity index (χ4n) is 2.54. The van der Waals surface area contributed by atoms with Crippen LogP contribution >= 0.6 is 0 Å². The molecule has 1 aromatic heterocycles. The summed E-state index contributed by atoms with van der Waals surface area (Å²) in [4.78, 5) is 22.7. The van der Waals surface area contributed by atoms with E-state index in [4.69, 9.17) is 4.74 Å². The summed E-state index contributed by atoms with van der Waals surface area (Å²) in [7, 11) is 1.68. The van der Waals surface area contributed by atoms with Crippen LogP contribution in [0.25, 0.3) is 0 Å². The van der Waals surface area contributed by atoms with Crippen LogP contribution in [0.1, 0.15) is 12.8 Å². The molecule has 0 aliphatic carbocycles. The van der Waals surface area contributed by atoms with E-state index >= 15 is 0 Å². The summed E-state index contributed by atoms with van der Waals surface area (Å²) in [6, 6.07) is 0. The first-order valence-electron chi connectivity index (χ1n) is 7.79. The van der Waals surface area contributed by atoms with Crippen LogP contribution in [0, 0.1) is 5.92 Å². The van der Waals surface area contributed by atoms with Gasteiger partial charge in [0.25, 0.3) is 0 Å². The maximum absolute atomic E-state index is 12.1. The van der Waals surface area contributed by atoms with E-state index in [2.05, 4.69) is 25.5 Å². The third-order valence-corrected chi connectivity index (χ3v) is 3.82. The second-order valence-electron chi connectivity index (χ2n) is 5.36. The number of aromatic nitrogens is 2. The lowest BCUT2D eigenvalue weighted by atomic mass is 9.96. The van der Waals surface area contributed by atoms with Crippen LogP contribution < -0.4 is 15.5 Å². The van der Waals surface area contributed by atoms with Crippen molar-refractivity contribution in [3.63, 3.8) is 0 Å². The molecule has 2 rings (SSSR count). The van der Waals surface area contributed by atoms with Gasteiger partial charge < -0.3 is 20.3 Å². The van der Waals surface area contributed by atoms with Crippen molar-refractivity contribution in [2.45, 2.75) is 12.8 Å². The number of ether oxygens (including phenoxy) is 1. The number of anilines is 1. The van der Waals surface area contributed by atoms with Gasteiger partial charge in [-0.2, -0.15) is 0 Å². The predicted molar refractivity (Wildman–Crippen MR) is 84.7 cm³/mol. The molecule has 22 heavy (non-hydrogen) atoms. The first-order chi connectivity index (χ1) is 10.8. The van der Waals surface area contributed by atoms with Gasteiger partial charge in [0, 0.05) is 58.1 Å². The summed E-state index contributed by atoms with van der Waals surface area (Å²) >= 11 is 0. The van der Waals surface area contributed by atoms with Crippen LogP contribution in [0.15, 0.2) is 18.6 Å². The molecule has 0 radical (unpaired) electrons. The van der Waals surface area contributed by atoms with Crippen molar-refractivity contribution in [1.82, 2.24) is 20.6 Å². The Morgan fingerprint density at radius 1 is 1.32 bits per heavy atom. The number of methoxy groups -OCH3 is 1. The highest BCUT2D eigenvalue weighted by Gasteiger charge is 2.25. The Labute approximate surface area is 131 Å². The highest BCUT2D eigenvalue weighted by atomic mass is 16.5. The third-order valence-electron chi connectivity index (χ3n) is 3.82. The maximum Gasteiger partial charge on any atom is 0.223 e. The molecule has 1 fully saturated rings. The number of rotatable bonds is 8. The molecular formula is C15H25N5O2. The quantitative estimate of drug-likeness (QED) is 0.661. The topological polar surface area (TPSA) is 79.4 Å². The summed E-state index contributed by atoms with van der Waals surface area (Å²) in [5, 5.41) is 6.21. The number of hydrogen-bond donors (Lipinski definition) is 2. The zero-order valence-electron chi connectivity index (χ0n) is 13.1. The van der Waals surface area contributed by atoms with Gasteiger partial charge in [-0.25, -0.2) is 4.98 Å². The van der Waals surface area contributed by atoms with Gasteiger partial charge in [-0.1, -0.05) is 0 Å². The molecule has 1 saturated heterocycles. The van der Waals surface area contributed by atoms with Crippen molar-refractivity contribution in [3.05, 3.63) is 18.6 Å². The van der Waals surface area contributed by atoms with Crippen LogP contribution in [-0.2, 0) is 9.53 Å². The molecule has 0 bridgehead atoms. The predicted octanol–water partition coefficient (Wildman–Crippen LogP) is 0.0452. The number of carbonyl (C=O) groups is 1. The fourth-order valence-corrected chi connectivity index (χ4v) is 2.54. The smallest absolute Gasteiger partial charge is 0.223 e. The van der Waals surface area contributed by atoms with Gasteiger partial charge in [0.05, 0.1) is 12.8 Å². The minimum atomic E-state index is 0.104. The van der Waals surface area contributed by atoms with E-state index in [1.54, 1.807) is 25.7 Å². The fraction of sp³-hybridized carbons (Fsp3) is 0.667. The molecule has 7 nitrogen and oxygen atoms in total. The molecular weight excluding hydrogens is 282 g/mol. The highest BCUT2D eigenvalue weighted by Crippen LogP contribution is 2.20. The summed E-state index contributed by atoms with van der Waals surface area (Å²) in [6.45, 7) is 4.63. The molecule has 7 heteroatoms. The van der Waals surface area contributed by atoms with E-state index < -0.39 is 0 Å². The number of hydrogen-bond acceptors (Lipinski definition) is 6. The van der Waals surface area contributed by atoms with Crippen LogP contribution in [0.3, 0.4) is 0 Å². The minimum Gasteiger partial charge on any atom is -0.383 e. The van der Waals surface area contributed by atoms with E-state index in [9.17, 15) is 4.79 Å². The lowest BCUT2D eigenvalue weighted by Crippen LogP contribution is -2.42. The average Bonchev–Trinajstić information content (AvgIpc) is 2.59. The molecule has 0 aromatic carbocycles. The van der Waals surface area contributed by atoms with E-state index in [1.807, 2.05) is 0 Å². The van der Waals surface area contributed by atoms with Crippen LogP contribution in [0.5, 0.6) is 0 Å². The molecule has 122 valence electrons. The Morgan fingerprint density at radius 3 is 2.82 bits per heavy atom. The Bertz CT molecular complexity index is 435. The number of amides is 1. The van der Waals surface area contributed by atoms with Gasteiger partial charge in [-0.3, -0.25) is 9.78 Å². The SMILES string of the molecule is COCCNCCNC(=O)C1CCN(c2cnccn2)CC1. The Morgan fingerprint density at radius 2 is 2.14 bits per heavy atom. The Hall–Kier alpha value is -1.73. The summed E-state index contributed by atoms with van der Waals surface area (Å²) in [6.07, 6.45) is 6.86. The van der Waals surface area contributed by atoms with Gasteiger partial charge in [0.1, 0.15) is 5.82 Å². The van der Waals surface area contributed by atoms with Crippen molar-refractivity contribution >= 4 is 11.7 Å². The van der Waals surface area contributed by atoms with Crippen molar-refractivity contribution in [2.75, 3.05) is 51.3 Å². The summed E-state index contributed by atoms with van der Waals surface area (Å²) < 4.78 is 4.95. The lowest BCUT2D eigenvalue weighted by molar-refractivity contribution is -0.125. The van der Waals surface area contributed by atoms with Crippen molar-refractivity contribution in [2.24, 2.45) is 5.92 Å². The zero-order chi connectivity index (χ0) is 15.6. The van der Waals surface area contributed by atoms with Gasteiger partial charge in [-0.15, -0.1) is 0 Å². The molecule has 2 heterocycles. The van der Waals surface area contributed by atoms with Gasteiger partial charge in [0.2, 0.25) is 5.91 Å². The minimum absolute atomic E-state index is 0.104. The standard InChI is InChI=1S/C15H25N5O2/c1-22-11-8-16-4-7-19-15(21)13-2-9-20(10-3-13)14-12-17-5-6-18-14/h5-6,12-13,16H,2-4,7-11H2,1H3,(H,19,21). The molecule has 0 spiro atoms. The maximum atomic E-state index is 12.1. The third kappa shape index (κ3) is 5.23. The van der Waals surface area contributed by atoms with E-state index in [0.29, 0.717) is 13.2 Å². The summed E-state index contributed by atoms with van der Waals surface area (Å²) in [5.74, 6) is 1.16. The van der Waals surface area contributed by atoms with E-state index in [1.165, 1.54) is 0 Å². The molecule has 0 atom stereocenters. The lowest BCUT2D eigenvalue weighted by Gasteiger charge is -2.31. The van der Waals surface area contributed by atoms with Crippen LogP contribution in [-0.4, -0.2) is 62.3 Å².